The second-order valence-corrected chi connectivity index (χ2v) is 1.81. The lowest BCUT2D eigenvalue weighted by Crippen LogP contribution is -2.38. The zero-order valence-corrected chi connectivity index (χ0v) is 5.55. The van der Waals surface area contributed by atoms with Gasteiger partial charge in [0, 0.05) is 6.21 Å². The minimum Gasteiger partial charge on any atom is -0.351 e. The van der Waals surface area contributed by atoms with Crippen molar-refractivity contribution in [3.05, 3.63) is 0 Å². The van der Waals surface area contributed by atoms with E-state index in [9.17, 15) is 9.59 Å². The number of nitrogens with one attached hydrogen (secondary N) is 2. The number of hydrogen-bond donors (Lipinski definition) is 3. The van der Waals surface area contributed by atoms with E-state index in [-0.39, 0.29) is 0 Å². The standard InChI is InChI=1S/C5H9N3O2/c1-3(2-6)4(9)8-5(7)10/h2-3,6H,1H3,(H3,7,8,9,10). The number of hydrogen-bond acceptors (Lipinski definition) is 3. The van der Waals surface area contributed by atoms with E-state index in [2.05, 4.69) is 5.73 Å². The van der Waals surface area contributed by atoms with Gasteiger partial charge < -0.3 is 11.1 Å². The van der Waals surface area contributed by atoms with Gasteiger partial charge in [-0.3, -0.25) is 10.1 Å². The molecular weight excluding hydrogens is 134 g/mol. The molecule has 0 aliphatic carbocycles. The first kappa shape index (κ1) is 8.61. The van der Waals surface area contributed by atoms with Crippen LogP contribution in [0.5, 0.6) is 0 Å². The quantitative estimate of drug-likeness (QED) is 0.453. The molecular formula is C5H9N3O2. The molecule has 0 heterocycles. The molecule has 0 rings (SSSR count). The Morgan fingerprint density at radius 3 is 2.50 bits per heavy atom. The zero-order chi connectivity index (χ0) is 8.15. The minimum atomic E-state index is -0.890. The van der Waals surface area contributed by atoms with Crippen molar-refractivity contribution in [3.8, 4) is 0 Å². The Hall–Kier alpha value is -1.39. The fraction of sp³-hybridized carbons (Fsp3) is 0.400. The predicted octanol–water partition coefficient (Wildman–Crippen LogP) is -0.533. The lowest BCUT2D eigenvalue weighted by atomic mass is 10.2. The summed E-state index contributed by atoms with van der Waals surface area (Å²) in [4.78, 5) is 20.7. The van der Waals surface area contributed by atoms with Crippen LogP contribution in [0.2, 0.25) is 0 Å². The van der Waals surface area contributed by atoms with Gasteiger partial charge in [-0.15, -0.1) is 0 Å². The topological polar surface area (TPSA) is 96.0 Å². The fourth-order valence-electron chi connectivity index (χ4n) is 0.311. The number of rotatable bonds is 2. The Bertz CT molecular complexity index is 166. The number of amides is 3. The van der Waals surface area contributed by atoms with Crippen LogP contribution in [-0.4, -0.2) is 18.2 Å². The second-order valence-electron chi connectivity index (χ2n) is 1.81. The maximum atomic E-state index is 10.6. The van der Waals surface area contributed by atoms with Crippen molar-refractivity contribution >= 4 is 18.2 Å². The van der Waals surface area contributed by atoms with E-state index in [0.717, 1.165) is 6.21 Å². The lowest BCUT2D eigenvalue weighted by molar-refractivity contribution is -0.121. The Balaban J connectivity index is 3.84. The maximum Gasteiger partial charge on any atom is 0.318 e. The summed E-state index contributed by atoms with van der Waals surface area (Å²) in [7, 11) is 0. The number of nitrogens with two attached hydrogens (primary N) is 1. The third-order valence-electron chi connectivity index (χ3n) is 0.910. The van der Waals surface area contributed by atoms with E-state index < -0.39 is 17.9 Å². The smallest absolute Gasteiger partial charge is 0.318 e. The highest BCUT2D eigenvalue weighted by molar-refractivity contribution is 6.00. The molecule has 0 saturated heterocycles. The molecule has 0 aromatic rings. The molecule has 3 amide bonds. The summed E-state index contributed by atoms with van der Waals surface area (Å²) in [5.41, 5.74) is 4.64. The molecule has 1 atom stereocenters. The van der Waals surface area contributed by atoms with E-state index in [1.54, 1.807) is 0 Å². The van der Waals surface area contributed by atoms with Crippen LogP contribution in [0.4, 0.5) is 4.79 Å². The predicted molar refractivity (Wildman–Crippen MR) is 35.7 cm³/mol. The first-order valence-electron chi connectivity index (χ1n) is 2.68. The highest BCUT2D eigenvalue weighted by atomic mass is 16.2. The summed E-state index contributed by atoms with van der Waals surface area (Å²) in [6, 6.07) is -0.890. The Labute approximate surface area is 58.1 Å². The average Bonchev–Trinajstić information content (AvgIpc) is 1.85. The van der Waals surface area contributed by atoms with Gasteiger partial charge in [0.05, 0.1) is 5.92 Å². The van der Waals surface area contributed by atoms with Crippen LogP contribution >= 0.6 is 0 Å². The van der Waals surface area contributed by atoms with Crippen LogP contribution in [0.3, 0.4) is 0 Å². The SMILES string of the molecule is CC(C=N)C(=O)NC(N)=O. The van der Waals surface area contributed by atoms with Gasteiger partial charge in [0.2, 0.25) is 5.91 Å². The number of imide groups is 1. The Morgan fingerprint density at radius 2 is 2.20 bits per heavy atom. The highest BCUT2D eigenvalue weighted by Gasteiger charge is 2.10. The summed E-state index contributed by atoms with van der Waals surface area (Å²) < 4.78 is 0. The zero-order valence-electron chi connectivity index (χ0n) is 5.55. The summed E-state index contributed by atoms with van der Waals surface area (Å²) >= 11 is 0. The summed E-state index contributed by atoms with van der Waals surface area (Å²) in [6.45, 7) is 1.49. The first-order chi connectivity index (χ1) is 4.57. The van der Waals surface area contributed by atoms with Crippen LogP contribution in [0.1, 0.15) is 6.92 Å². The molecule has 0 aliphatic heterocycles. The number of carbonyl (C=O) groups is 2. The number of carbonyl (C=O) groups excluding carboxylic acids is 2. The van der Waals surface area contributed by atoms with Gasteiger partial charge in [-0.1, -0.05) is 0 Å². The Kier molecular flexibility index (Phi) is 3.10. The van der Waals surface area contributed by atoms with Crippen molar-refractivity contribution in [3.63, 3.8) is 0 Å². The monoisotopic (exact) mass is 143 g/mol. The van der Waals surface area contributed by atoms with Crippen molar-refractivity contribution in [1.82, 2.24) is 5.32 Å². The summed E-state index contributed by atoms with van der Waals surface area (Å²) in [6.07, 6.45) is 0.929. The molecule has 0 fully saturated rings. The van der Waals surface area contributed by atoms with Gasteiger partial charge in [0.25, 0.3) is 0 Å². The molecule has 5 nitrogen and oxygen atoms in total. The third-order valence-corrected chi connectivity index (χ3v) is 0.910. The van der Waals surface area contributed by atoms with Gasteiger partial charge in [-0.05, 0) is 6.92 Å². The van der Waals surface area contributed by atoms with Gasteiger partial charge >= 0.3 is 6.03 Å². The molecule has 0 aromatic heterocycles. The van der Waals surface area contributed by atoms with Gasteiger partial charge in [-0.2, -0.15) is 0 Å². The van der Waals surface area contributed by atoms with Crippen molar-refractivity contribution < 1.29 is 9.59 Å². The number of primary amides is 1. The van der Waals surface area contributed by atoms with Crippen molar-refractivity contribution in [2.24, 2.45) is 11.7 Å². The average molecular weight is 143 g/mol. The van der Waals surface area contributed by atoms with Gasteiger partial charge in [0.1, 0.15) is 0 Å². The molecule has 0 bridgehead atoms. The molecule has 10 heavy (non-hydrogen) atoms. The van der Waals surface area contributed by atoms with Crippen LogP contribution in [0, 0.1) is 11.3 Å². The van der Waals surface area contributed by atoms with Crippen molar-refractivity contribution in [1.29, 1.82) is 5.41 Å². The lowest BCUT2D eigenvalue weighted by Gasteiger charge is -2.01. The fourth-order valence-corrected chi connectivity index (χ4v) is 0.311. The van der Waals surface area contributed by atoms with Gasteiger partial charge in [0.15, 0.2) is 0 Å². The van der Waals surface area contributed by atoms with E-state index in [1.807, 2.05) is 5.32 Å². The van der Waals surface area contributed by atoms with E-state index in [0.29, 0.717) is 0 Å². The second kappa shape index (κ2) is 3.60. The first-order valence-corrected chi connectivity index (χ1v) is 2.68. The van der Waals surface area contributed by atoms with Gasteiger partial charge in [-0.25, -0.2) is 4.79 Å². The van der Waals surface area contributed by atoms with Crippen LogP contribution in [0.15, 0.2) is 0 Å². The Morgan fingerprint density at radius 1 is 1.70 bits per heavy atom. The molecule has 0 aromatic carbocycles. The van der Waals surface area contributed by atoms with Crippen molar-refractivity contribution in [2.75, 3.05) is 0 Å². The molecule has 1 unspecified atom stereocenters. The third kappa shape index (κ3) is 2.81. The number of urea groups is 1. The van der Waals surface area contributed by atoms with Crippen molar-refractivity contribution in [2.45, 2.75) is 6.92 Å². The molecule has 0 saturated carbocycles. The van der Waals surface area contributed by atoms with E-state index in [1.165, 1.54) is 6.92 Å². The summed E-state index contributed by atoms with van der Waals surface area (Å²) in [5, 5.41) is 8.49. The molecule has 5 heteroatoms. The maximum absolute atomic E-state index is 10.6. The molecule has 0 aliphatic rings. The largest absolute Gasteiger partial charge is 0.351 e. The molecule has 56 valence electrons. The van der Waals surface area contributed by atoms with Crippen LogP contribution in [0.25, 0.3) is 0 Å². The highest BCUT2D eigenvalue weighted by Crippen LogP contribution is 1.86. The van der Waals surface area contributed by atoms with E-state index in [4.69, 9.17) is 5.41 Å². The van der Waals surface area contributed by atoms with Crippen LogP contribution < -0.4 is 11.1 Å². The normalized spacial score (nSPS) is 11.7. The van der Waals surface area contributed by atoms with E-state index >= 15 is 0 Å². The summed E-state index contributed by atoms with van der Waals surface area (Å²) in [5.74, 6) is -1.16. The molecule has 0 spiro atoms. The minimum absolute atomic E-state index is 0.553. The molecule has 0 radical (unpaired) electrons. The molecule has 4 N–H and O–H groups in total. The van der Waals surface area contributed by atoms with Crippen LogP contribution in [-0.2, 0) is 4.79 Å².